The highest BCUT2D eigenvalue weighted by Crippen LogP contribution is 2.57. The van der Waals surface area contributed by atoms with E-state index in [0.717, 1.165) is 5.33 Å². The topological polar surface area (TPSA) is 9.23 Å². The van der Waals surface area contributed by atoms with Gasteiger partial charge in [-0.3, -0.25) is 0 Å². The number of rotatable bonds is 7. The van der Waals surface area contributed by atoms with Crippen LogP contribution < -0.4 is 15.9 Å². The van der Waals surface area contributed by atoms with E-state index in [4.69, 9.17) is 4.52 Å². The second-order valence-corrected chi connectivity index (χ2v) is 10.8. The van der Waals surface area contributed by atoms with Crippen molar-refractivity contribution in [1.29, 1.82) is 0 Å². The van der Waals surface area contributed by atoms with Gasteiger partial charge in [0.2, 0.25) is 7.49 Å². The fourth-order valence-electron chi connectivity index (χ4n) is 2.89. The lowest BCUT2D eigenvalue weighted by Gasteiger charge is -2.29. The predicted molar refractivity (Wildman–Crippen MR) is 119 cm³/mol. The van der Waals surface area contributed by atoms with Crippen molar-refractivity contribution in [2.24, 2.45) is 5.41 Å². The van der Waals surface area contributed by atoms with Gasteiger partial charge in [0.05, 0.1) is 6.61 Å². The van der Waals surface area contributed by atoms with Crippen molar-refractivity contribution in [3.05, 3.63) is 91.0 Å². The van der Waals surface area contributed by atoms with E-state index in [-0.39, 0.29) is 5.41 Å². The van der Waals surface area contributed by atoms with Crippen LogP contribution in [0.4, 0.5) is 0 Å². The highest BCUT2D eigenvalue weighted by molar-refractivity contribution is 9.09. The lowest BCUT2D eigenvalue weighted by atomic mass is 9.99. The van der Waals surface area contributed by atoms with Crippen LogP contribution in [0.2, 0.25) is 0 Å². The molecule has 3 heteroatoms. The van der Waals surface area contributed by atoms with Crippen LogP contribution in [-0.2, 0) is 4.52 Å². The molecule has 0 fully saturated rings. The molecular weight excluding hydrogens is 403 g/mol. The molecule has 0 unspecified atom stereocenters. The maximum atomic E-state index is 6.92. The van der Waals surface area contributed by atoms with Crippen molar-refractivity contribution in [2.75, 3.05) is 11.9 Å². The van der Waals surface area contributed by atoms with Crippen molar-refractivity contribution in [2.45, 2.75) is 13.8 Å². The molecule has 0 saturated heterocycles. The van der Waals surface area contributed by atoms with Crippen molar-refractivity contribution in [3.8, 4) is 0 Å². The zero-order valence-corrected chi connectivity index (χ0v) is 17.8. The van der Waals surface area contributed by atoms with Crippen LogP contribution in [-0.4, -0.2) is 11.9 Å². The van der Waals surface area contributed by atoms with Crippen LogP contribution in [0.25, 0.3) is 0 Å². The largest absolute Gasteiger partial charge is 0.242 e. The monoisotopic (exact) mass is 427 g/mol. The molecule has 0 N–H and O–H groups in total. The fourth-order valence-corrected chi connectivity index (χ4v) is 6.72. The summed E-state index contributed by atoms with van der Waals surface area (Å²) in [5.41, 5.74) is 0.0591. The molecule has 0 atom stereocenters. The number of alkyl halides is 1. The molecular formula is C23H25BrOP+. The number of benzene rings is 3. The second-order valence-electron chi connectivity index (χ2n) is 7.19. The Bertz CT molecular complexity index is 707. The molecule has 3 rings (SSSR count). The molecule has 3 aromatic carbocycles. The van der Waals surface area contributed by atoms with Crippen LogP contribution in [0.5, 0.6) is 0 Å². The second kappa shape index (κ2) is 8.48. The molecule has 0 amide bonds. The Hall–Kier alpha value is -1.47. The maximum Gasteiger partial charge on any atom is 0.242 e. The molecule has 3 aromatic rings. The first-order valence-corrected chi connectivity index (χ1v) is 11.7. The number of hydrogen-bond acceptors (Lipinski definition) is 1. The summed E-state index contributed by atoms with van der Waals surface area (Å²) >= 11 is 3.64. The summed E-state index contributed by atoms with van der Waals surface area (Å²) in [6, 6.07) is 32.1. The Morgan fingerprint density at radius 1 is 0.692 bits per heavy atom. The van der Waals surface area contributed by atoms with E-state index >= 15 is 0 Å². The number of hydrogen-bond donors (Lipinski definition) is 0. The summed E-state index contributed by atoms with van der Waals surface area (Å²) in [5, 5.41) is 4.66. The highest BCUT2D eigenvalue weighted by Gasteiger charge is 2.48. The quantitative estimate of drug-likeness (QED) is 0.365. The Balaban J connectivity index is 2.21. The zero-order chi connectivity index (χ0) is 18.5. The van der Waals surface area contributed by atoms with Gasteiger partial charge >= 0.3 is 0 Å². The van der Waals surface area contributed by atoms with Gasteiger partial charge in [-0.05, 0) is 36.4 Å². The van der Waals surface area contributed by atoms with Crippen LogP contribution in [0, 0.1) is 5.41 Å². The van der Waals surface area contributed by atoms with E-state index in [1.165, 1.54) is 15.9 Å². The third-order valence-corrected chi connectivity index (χ3v) is 9.48. The Kier molecular flexibility index (Phi) is 6.29. The molecule has 0 aliphatic carbocycles. The van der Waals surface area contributed by atoms with Gasteiger partial charge in [0.15, 0.2) is 0 Å². The predicted octanol–water partition coefficient (Wildman–Crippen LogP) is 5.33. The van der Waals surface area contributed by atoms with Gasteiger partial charge < -0.3 is 0 Å². The highest BCUT2D eigenvalue weighted by atomic mass is 79.9. The molecule has 0 saturated carbocycles. The first kappa shape index (κ1) is 19.3. The van der Waals surface area contributed by atoms with Gasteiger partial charge in [-0.25, -0.2) is 4.52 Å². The van der Waals surface area contributed by atoms with E-state index in [0.29, 0.717) is 6.61 Å². The molecule has 26 heavy (non-hydrogen) atoms. The van der Waals surface area contributed by atoms with Crippen LogP contribution in [0.15, 0.2) is 91.0 Å². The van der Waals surface area contributed by atoms with Crippen LogP contribution in [0.3, 0.4) is 0 Å². The summed E-state index contributed by atoms with van der Waals surface area (Å²) in [5.74, 6) is 0. The van der Waals surface area contributed by atoms with E-state index < -0.39 is 7.49 Å². The van der Waals surface area contributed by atoms with Gasteiger partial charge in [0.25, 0.3) is 0 Å². The standard InChI is InChI=1S/C23H25BrOP/c1-23(2,18-24)19-25-26(20-12-6-3-7-13-20,21-14-8-4-9-15-21)22-16-10-5-11-17-22/h3-17H,18-19H2,1-2H3/q+1. The summed E-state index contributed by atoms with van der Waals surface area (Å²) in [6.45, 7) is 5.15. The molecule has 0 spiro atoms. The van der Waals surface area contributed by atoms with E-state index in [2.05, 4.69) is 121 Å². The lowest BCUT2D eigenvalue weighted by Crippen LogP contribution is -2.35. The zero-order valence-electron chi connectivity index (χ0n) is 15.3. The van der Waals surface area contributed by atoms with Crippen molar-refractivity contribution >= 4 is 39.3 Å². The first-order valence-electron chi connectivity index (χ1n) is 8.85. The van der Waals surface area contributed by atoms with Crippen molar-refractivity contribution < 1.29 is 4.52 Å². The molecule has 0 radical (unpaired) electrons. The fraction of sp³-hybridized carbons (Fsp3) is 0.217. The molecule has 0 bridgehead atoms. The molecule has 1 nitrogen and oxygen atoms in total. The van der Waals surface area contributed by atoms with E-state index in [9.17, 15) is 0 Å². The molecule has 134 valence electrons. The van der Waals surface area contributed by atoms with Gasteiger partial charge in [-0.2, -0.15) is 0 Å². The van der Waals surface area contributed by atoms with Crippen LogP contribution >= 0.6 is 23.4 Å². The molecule has 0 aromatic heterocycles. The summed E-state index contributed by atoms with van der Waals surface area (Å²) in [4.78, 5) is 0. The molecule has 0 aliphatic heterocycles. The molecule has 0 aliphatic rings. The smallest absolute Gasteiger partial charge is 0.221 e. The van der Waals surface area contributed by atoms with E-state index in [1.54, 1.807) is 0 Å². The lowest BCUT2D eigenvalue weighted by molar-refractivity contribution is 0.222. The normalized spacial score (nSPS) is 12.1. The minimum absolute atomic E-state index is 0.0591. The first-order chi connectivity index (χ1) is 12.6. The minimum Gasteiger partial charge on any atom is -0.221 e. The average molecular weight is 428 g/mol. The van der Waals surface area contributed by atoms with Crippen molar-refractivity contribution in [1.82, 2.24) is 0 Å². The van der Waals surface area contributed by atoms with Crippen molar-refractivity contribution in [3.63, 3.8) is 0 Å². The summed E-state index contributed by atoms with van der Waals surface area (Å²) in [7, 11) is -2.18. The van der Waals surface area contributed by atoms with Gasteiger partial charge in [-0.1, -0.05) is 84.4 Å². The Labute approximate surface area is 166 Å². The van der Waals surface area contributed by atoms with Gasteiger partial charge in [0, 0.05) is 10.7 Å². The van der Waals surface area contributed by atoms with Gasteiger partial charge in [0.1, 0.15) is 15.9 Å². The third-order valence-electron chi connectivity index (χ3n) is 4.37. The summed E-state index contributed by atoms with van der Waals surface area (Å²) < 4.78 is 6.92. The van der Waals surface area contributed by atoms with E-state index in [1.807, 2.05) is 0 Å². The van der Waals surface area contributed by atoms with Crippen LogP contribution in [0.1, 0.15) is 13.8 Å². The SMILES string of the molecule is CC(C)(CBr)CO[P+](c1ccccc1)(c1ccccc1)c1ccccc1. The Morgan fingerprint density at radius 3 is 1.35 bits per heavy atom. The molecule has 0 heterocycles. The minimum atomic E-state index is -2.18. The summed E-state index contributed by atoms with van der Waals surface area (Å²) in [6.07, 6.45) is 0. The number of halogens is 1. The van der Waals surface area contributed by atoms with Gasteiger partial charge in [-0.15, -0.1) is 0 Å². The average Bonchev–Trinajstić information content (AvgIpc) is 2.71. The maximum absolute atomic E-state index is 6.92. The third kappa shape index (κ3) is 4.09. The Morgan fingerprint density at radius 2 is 1.04 bits per heavy atom.